The van der Waals surface area contributed by atoms with E-state index >= 15 is 0 Å². The van der Waals surface area contributed by atoms with Gasteiger partial charge in [0.15, 0.2) is 0 Å². The third kappa shape index (κ3) is 4.82. The van der Waals surface area contributed by atoms with Crippen LogP contribution in [0.1, 0.15) is 18.4 Å². The fraction of sp³-hybridized carbons (Fsp3) is 0.286. The fourth-order valence-electron chi connectivity index (χ4n) is 1.47. The van der Waals surface area contributed by atoms with Crippen LogP contribution in [0.3, 0.4) is 0 Å². The summed E-state index contributed by atoms with van der Waals surface area (Å²) in [4.78, 5) is 22.3. The minimum absolute atomic E-state index is 0.131. The summed E-state index contributed by atoms with van der Waals surface area (Å²) in [6, 6.07) is 9.25. The van der Waals surface area contributed by atoms with Crippen molar-refractivity contribution in [2.24, 2.45) is 5.92 Å². The number of aliphatic carboxylic acids is 1. The van der Waals surface area contributed by atoms with Crippen molar-refractivity contribution >= 4 is 11.9 Å². The maximum Gasteiger partial charge on any atom is 0.307 e. The van der Waals surface area contributed by atoms with E-state index in [1.165, 1.54) is 6.08 Å². The Labute approximate surface area is 106 Å². The van der Waals surface area contributed by atoms with Crippen molar-refractivity contribution in [2.45, 2.75) is 19.4 Å². The molecular formula is C14H16O4. The molecule has 0 aliphatic rings. The number of esters is 1. The summed E-state index contributed by atoms with van der Waals surface area (Å²) in [5, 5.41) is 8.88. The Hall–Kier alpha value is -2.10. The second-order valence-corrected chi connectivity index (χ2v) is 3.91. The Balaban J connectivity index is 2.41. The maximum absolute atomic E-state index is 11.5. The number of hydrogen-bond acceptors (Lipinski definition) is 3. The van der Waals surface area contributed by atoms with E-state index in [2.05, 4.69) is 6.58 Å². The summed E-state index contributed by atoms with van der Waals surface area (Å²) >= 11 is 0. The molecule has 1 aromatic carbocycles. The van der Waals surface area contributed by atoms with Crippen LogP contribution in [-0.4, -0.2) is 17.0 Å². The number of rotatable bonds is 7. The molecule has 4 heteroatoms. The fourth-order valence-corrected chi connectivity index (χ4v) is 1.47. The van der Waals surface area contributed by atoms with Gasteiger partial charge in [0.05, 0.1) is 12.3 Å². The van der Waals surface area contributed by atoms with Gasteiger partial charge in [0.2, 0.25) is 0 Å². The van der Waals surface area contributed by atoms with Gasteiger partial charge in [0.1, 0.15) is 6.61 Å². The summed E-state index contributed by atoms with van der Waals surface area (Å²) < 4.78 is 5.02. The lowest BCUT2D eigenvalue weighted by molar-refractivity contribution is -0.152. The Bertz CT molecular complexity index is 411. The van der Waals surface area contributed by atoms with Crippen molar-refractivity contribution in [2.75, 3.05) is 0 Å². The molecule has 0 radical (unpaired) electrons. The van der Waals surface area contributed by atoms with E-state index in [9.17, 15) is 9.59 Å². The summed E-state index contributed by atoms with van der Waals surface area (Å²) in [5.41, 5.74) is 0.876. The van der Waals surface area contributed by atoms with Crippen LogP contribution in [0, 0.1) is 5.92 Å². The average molecular weight is 248 g/mol. The largest absolute Gasteiger partial charge is 0.481 e. The van der Waals surface area contributed by atoms with Crippen LogP contribution >= 0.6 is 0 Å². The van der Waals surface area contributed by atoms with Crippen LogP contribution in [-0.2, 0) is 20.9 Å². The van der Waals surface area contributed by atoms with Crippen LogP contribution in [0.4, 0.5) is 0 Å². The number of benzene rings is 1. The molecule has 1 aromatic rings. The summed E-state index contributed by atoms with van der Waals surface area (Å²) in [5.74, 6) is -2.27. The lowest BCUT2D eigenvalue weighted by Gasteiger charge is -2.09. The topological polar surface area (TPSA) is 63.6 Å². The first kappa shape index (κ1) is 14.0. The van der Waals surface area contributed by atoms with Crippen molar-refractivity contribution in [3.63, 3.8) is 0 Å². The molecule has 0 saturated heterocycles. The molecule has 1 atom stereocenters. The summed E-state index contributed by atoms with van der Waals surface area (Å²) in [6.45, 7) is 3.64. The molecule has 0 spiro atoms. The van der Waals surface area contributed by atoms with Gasteiger partial charge in [0.25, 0.3) is 0 Å². The minimum Gasteiger partial charge on any atom is -0.481 e. The third-order valence-electron chi connectivity index (χ3n) is 2.46. The van der Waals surface area contributed by atoms with Crippen molar-refractivity contribution < 1.29 is 19.4 Å². The maximum atomic E-state index is 11.5. The Morgan fingerprint density at radius 2 is 2.00 bits per heavy atom. The molecule has 0 aromatic heterocycles. The van der Waals surface area contributed by atoms with Crippen molar-refractivity contribution in [3.8, 4) is 0 Å². The highest BCUT2D eigenvalue weighted by Crippen LogP contribution is 2.11. The molecule has 96 valence electrons. The lowest BCUT2D eigenvalue weighted by Crippen LogP contribution is -2.18. The van der Waals surface area contributed by atoms with Crippen LogP contribution < -0.4 is 0 Å². The Kier molecular flexibility index (Phi) is 5.64. The molecule has 0 amide bonds. The molecule has 0 saturated carbocycles. The predicted octanol–water partition coefficient (Wildman–Crippen LogP) is 2.40. The van der Waals surface area contributed by atoms with Gasteiger partial charge in [-0.1, -0.05) is 36.4 Å². The van der Waals surface area contributed by atoms with E-state index in [1.807, 2.05) is 30.3 Å². The number of allylic oxidation sites excluding steroid dienone is 1. The van der Waals surface area contributed by atoms with Crippen LogP contribution in [0.25, 0.3) is 0 Å². The first-order valence-corrected chi connectivity index (χ1v) is 5.66. The normalized spacial score (nSPS) is 11.6. The molecule has 18 heavy (non-hydrogen) atoms. The molecule has 0 bridgehead atoms. The van der Waals surface area contributed by atoms with Crippen LogP contribution in [0.5, 0.6) is 0 Å². The Morgan fingerprint density at radius 1 is 1.33 bits per heavy atom. The second-order valence-electron chi connectivity index (χ2n) is 3.91. The van der Waals surface area contributed by atoms with Gasteiger partial charge in [-0.15, -0.1) is 6.58 Å². The standard InChI is InChI=1S/C14H16O4/c1-2-6-12(14(16)17)9-13(15)18-10-11-7-4-3-5-8-11/h2-5,7-8,12H,1,6,9-10H2,(H,16,17)/t12-/m1/s1. The summed E-state index contributed by atoms with van der Waals surface area (Å²) in [6.07, 6.45) is 1.62. The zero-order chi connectivity index (χ0) is 13.4. The number of carbonyl (C=O) groups is 2. The quantitative estimate of drug-likeness (QED) is 0.594. The monoisotopic (exact) mass is 248 g/mol. The molecule has 0 unspecified atom stereocenters. The van der Waals surface area contributed by atoms with Gasteiger partial charge < -0.3 is 9.84 Å². The number of ether oxygens (including phenoxy) is 1. The summed E-state index contributed by atoms with van der Waals surface area (Å²) in [7, 11) is 0. The van der Waals surface area contributed by atoms with Crippen molar-refractivity contribution in [1.29, 1.82) is 0 Å². The molecule has 0 heterocycles. The third-order valence-corrected chi connectivity index (χ3v) is 2.46. The van der Waals surface area contributed by atoms with Gasteiger partial charge in [-0.25, -0.2) is 0 Å². The molecule has 0 fully saturated rings. The van der Waals surface area contributed by atoms with E-state index in [-0.39, 0.29) is 19.4 Å². The van der Waals surface area contributed by atoms with Gasteiger partial charge >= 0.3 is 11.9 Å². The van der Waals surface area contributed by atoms with Gasteiger partial charge in [-0.3, -0.25) is 9.59 Å². The molecule has 0 aliphatic heterocycles. The second kappa shape index (κ2) is 7.27. The molecule has 4 nitrogen and oxygen atoms in total. The number of hydrogen-bond donors (Lipinski definition) is 1. The van der Waals surface area contributed by atoms with E-state index in [1.54, 1.807) is 0 Å². The van der Waals surface area contributed by atoms with Gasteiger partial charge in [-0.05, 0) is 12.0 Å². The van der Waals surface area contributed by atoms with Crippen LogP contribution in [0.2, 0.25) is 0 Å². The Morgan fingerprint density at radius 3 is 2.56 bits per heavy atom. The van der Waals surface area contributed by atoms with E-state index in [4.69, 9.17) is 9.84 Å². The molecular weight excluding hydrogens is 232 g/mol. The highest BCUT2D eigenvalue weighted by molar-refractivity contribution is 5.78. The average Bonchev–Trinajstić information content (AvgIpc) is 2.37. The lowest BCUT2D eigenvalue weighted by atomic mass is 10.0. The zero-order valence-corrected chi connectivity index (χ0v) is 10.0. The number of carboxylic acids is 1. The first-order valence-electron chi connectivity index (χ1n) is 5.66. The van der Waals surface area contributed by atoms with E-state index in [0.29, 0.717) is 0 Å². The molecule has 0 aliphatic carbocycles. The number of carbonyl (C=O) groups excluding carboxylic acids is 1. The van der Waals surface area contributed by atoms with Gasteiger partial charge in [0, 0.05) is 0 Å². The molecule has 1 N–H and O–H groups in total. The first-order chi connectivity index (χ1) is 8.63. The smallest absolute Gasteiger partial charge is 0.307 e. The highest BCUT2D eigenvalue weighted by atomic mass is 16.5. The SMILES string of the molecule is C=CC[C@H](CC(=O)OCc1ccccc1)C(=O)O. The van der Waals surface area contributed by atoms with Crippen molar-refractivity contribution in [1.82, 2.24) is 0 Å². The van der Waals surface area contributed by atoms with E-state index < -0.39 is 17.9 Å². The molecule has 1 rings (SSSR count). The van der Waals surface area contributed by atoms with Crippen molar-refractivity contribution in [3.05, 3.63) is 48.6 Å². The van der Waals surface area contributed by atoms with Crippen LogP contribution in [0.15, 0.2) is 43.0 Å². The predicted molar refractivity (Wildman–Crippen MR) is 66.8 cm³/mol. The zero-order valence-electron chi connectivity index (χ0n) is 10.0. The van der Waals surface area contributed by atoms with Gasteiger partial charge in [-0.2, -0.15) is 0 Å². The number of carboxylic acid groups (broad SMARTS) is 1. The highest BCUT2D eigenvalue weighted by Gasteiger charge is 2.20. The minimum atomic E-state index is -1.01. The van der Waals surface area contributed by atoms with E-state index in [0.717, 1.165) is 5.56 Å².